The molecule has 0 amide bonds. The van der Waals surface area contributed by atoms with Gasteiger partial charge in [0.2, 0.25) is 0 Å². The molecule has 0 aromatic heterocycles. The van der Waals surface area contributed by atoms with Crippen LogP contribution in [0.2, 0.25) is 0 Å². The van der Waals surface area contributed by atoms with Gasteiger partial charge in [-0.25, -0.2) is 0 Å². The second kappa shape index (κ2) is 5.25. The Morgan fingerprint density at radius 1 is 0.438 bits per heavy atom. The fraction of sp³-hybridized carbons (Fsp3) is 1.00. The van der Waals surface area contributed by atoms with Crippen molar-refractivity contribution in [3.8, 4) is 0 Å². The molecule has 94 valence electrons. The van der Waals surface area contributed by atoms with E-state index in [1.54, 1.807) is 0 Å². The Labute approximate surface area is 99.2 Å². The summed E-state index contributed by atoms with van der Waals surface area (Å²) >= 11 is -0.194. The molecule has 0 atom stereocenters. The van der Waals surface area contributed by atoms with Crippen LogP contribution in [0.15, 0.2) is 0 Å². The number of hydrogen-bond donors (Lipinski definition) is 0. The zero-order valence-electron chi connectivity index (χ0n) is 7.16. The van der Waals surface area contributed by atoms with Gasteiger partial charge in [-0.3, -0.25) is 0 Å². The summed E-state index contributed by atoms with van der Waals surface area (Å²) in [6.45, 7) is 0. The quantitative estimate of drug-likeness (QED) is 0.510. The molecule has 16 heavy (non-hydrogen) atoms. The average molecular weight is 280 g/mol. The van der Waals surface area contributed by atoms with E-state index in [9.17, 15) is 46.2 Å². The third-order valence-corrected chi connectivity index (χ3v) is 1.11. The predicted octanol–water partition coefficient (Wildman–Crippen LogP) is 3.42. The Kier molecular flexibility index (Phi) is 6.10. The minimum atomic E-state index is -7.14. The van der Waals surface area contributed by atoms with Crippen LogP contribution in [0, 0.1) is 0 Å². The number of alkyl halides is 10. The van der Waals surface area contributed by atoms with E-state index in [1.807, 2.05) is 0 Å². The van der Waals surface area contributed by atoms with Crippen molar-refractivity contribution in [3.05, 3.63) is 0 Å². The van der Waals surface area contributed by atoms with Crippen LogP contribution in [0.5, 0.6) is 0 Å². The molecule has 0 heterocycles. The first-order valence-corrected chi connectivity index (χ1v) is 3.77. The van der Waals surface area contributed by atoms with Gasteiger partial charge in [0.25, 0.3) is 0 Å². The molecule has 0 bridgehead atoms. The second-order valence-corrected chi connectivity index (χ2v) is 2.14. The average Bonchev–Trinajstić information content (AvgIpc) is 2.03. The molecule has 0 rings (SSSR count). The van der Waals surface area contributed by atoms with Crippen LogP contribution in [0.3, 0.4) is 0 Å². The van der Waals surface area contributed by atoms with Gasteiger partial charge in [0.05, 0.1) is 0 Å². The monoisotopic (exact) mass is 280 g/mol. The van der Waals surface area contributed by atoms with Crippen LogP contribution in [-0.4, -0.2) is 52.8 Å². The van der Waals surface area contributed by atoms with Crippen molar-refractivity contribution in [3.63, 3.8) is 0 Å². The molecule has 0 fully saturated rings. The predicted molar refractivity (Wildman–Crippen MR) is 28.9 cm³/mol. The van der Waals surface area contributed by atoms with E-state index in [-0.39, 0.29) is 28.6 Å². The van der Waals surface area contributed by atoms with E-state index in [4.69, 9.17) is 0 Å². The van der Waals surface area contributed by atoms with Gasteiger partial charge in [0.1, 0.15) is 0 Å². The van der Waals surface area contributed by atoms with Crippen LogP contribution in [0.4, 0.5) is 46.2 Å². The molecule has 0 aromatic carbocycles. The minimum absolute atomic E-state index is 0.194. The molecular formula is C4F11Na. The first-order valence-electron chi connectivity index (χ1n) is 3.02. The SMILES string of the molecule is FC(F)(F)C(F)(F)C(F)(F)C(F)(F)F.[F][Na]. The molecule has 0 aliphatic rings. The molecule has 0 aromatic rings. The molecule has 0 spiro atoms. The third-order valence-electron chi connectivity index (χ3n) is 1.11. The summed E-state index contributed by atoms with van der Waals surface area (Å²) in [5.74, 6) is -14.3. The maximum atomic E-state index is 11.6. The van der Waals surface area contributed by atoms with Crippen molar-refractivity contribution in [1.82, 2.24) is 0 Å². The fourth-order valence-corrected chi connectivity index (χ4v) is 0.356. The molecule has 0 nitrogen and oxygen atoms in total. The molecule has 0 saturated carbocycles. The first kappa shape index (κ1) is 18.6. The summed E-state index contributed by atoms with van der Waals surface area (Å²) in [6.07, 6.45) is -13.9. The summed E-state index contributed by atoms with van der Waals surface area (Å²) in [7, 11) is 0. The van der Waals surface area contributed by atoms with Crippen molar-refractivity contribution >= 4 is 28.6 Å². The standard InChI is InChI=1S/C4F10.FH.Na/c5-1(6,3(9,10)11)2(7,8)4(12,13)14;;/h;1H;/q;;+1/p-1. The molecular weight excluding hydrogens is 280 g/mol. The van der Waals surface area contributed by atoms with Crippen molar-refractivity contribution in [2.45, 2.75) is 24.2 Å². The van der Waals surface area contributed by atoms with Gasteiger partial charge >= 0.3 is 55.1 Å². The number of rotatable bonds is 1. The number of hydrogen-bond acceptors (Lipinski definition) is 0. The van der Waals surface area contributed by atoms with Crippen LogP contribution in [-0.2, 0) is 0 Å². The van der Waals surface area contributed by atoms with E-state index in [2.05, 4.69) is 0 Å². The van der Waals surface area contributed by atoms with Gasteiger partial charge in [-0.2, -0.15) is 43.9 Å². The Morgan fingerprint density at radius 3 is 0.625 bits per heavy atom. The molecule has 0 aliphatic heterocycles. The summed E-state index contributed by atoms with van der Waals surface area (Å²) < 4.78 is 123. The van der Waals surface area contributed by atoms with Crippen LogP contribution >= 0.6 is 0 Å². The topological polar surface area (TPSA) is 0 Å². The van der Waals surface area contributed by atoms with Crippen molar-refractivity contribution < 1.29 is 46.2 Å². The molecule has 0 aliphatic carbocycles. The third kappa shape index (κ3) is 3.36. The van der Waals surface area contributed by atoms with E-state index in [1.165, 1.54) is 0 Å². The van der Waals surface area contributed by atoms with Gasteiger partial charge in [-0.05, 0) is 0 Å². The van der Waals surface area contributed by atoms with Crippen molar-refractivity contribution in [1.29, 1.82) is 0 Å². The summed E-state index contributed by atoms with van der Waals surface area (Å²) in [5, 5.41) is 0. The van der Waals surface area contributed by atoms with Crippen LogP contribution < -0.4 is 0 Å². The molecule has 12 heteroatoms. The zero-order valence-corrected chi connectivity index (χ0v) is 9.16. The van der Waals surface area contributed by atoms with Gasteiger partial charge in [0.15, 0.2) is 0 Å². The van der Waals surface area contributed by atoms with Crippen LogP contribution in [0.1, 0.15) is 0 Å². The zero-order chi connectivity index (χ0) is 14.0. The molecule has 0 N–H and O–H groups in total. The molecule has 0 unspecified atom stereocenters. The fourth-order valence-electron chi connectivity index (χ4n) is 0.356. The normalized spacial score (nSPS) is 14.3. The Bertz CT molecular complexity index is 187. The van der Waals surface area contributed by atoms with Gasteiger partial charge in [0, 0.05) is 0 Å². The van der Waals surface area contributed by atoms with E-state index < -0.39 is 24.2 Å². The Balaban J connectivity index is 0. The maximum absolute atomic E-state index is 11.6. The van der Waals surface area contributed by atoms with Gasteiger partial charge in [-0.15, -0.1) is 0 Å². The van der Waals surface area contributed by atoms with Crippen LogP contribution in [0.25, 0.3) is 0 Å². The summed E-state index contributed by atoms with van der Waals surface area (Å²) in [6, 6.07) is 0. The first-order chi connectivity index (χ1) is 6.75. The Morgan fingerprint density at radius 2 is 0.562 bits per heavy atom. The van der Waals surface area contributed by atoms with Crippen molar-refractivity contribution in [2.24, 2.45) is 0 Å². The Hall–Kier alpha value is 0.230. The molecule has 0 saturated heterocycles. The van der Waals surface area contributed by atoms with Crippen molar-refractivity contribution in [2.75, 3.05) is 0 Å². The van der Waals surface area contributed by atoms with E-state index in [0.717, 1.165) is 0 Å². The second-order valence-electron chi connectivity index (χ2n) is 2.14. The van der Waals surface area contributed by atoms with Gasteiger partial charge < -0.3 is 0 Å². The number of halogens is 11. The summed E-state index contributed by atoms with van der Waals surface area (Å²) in [4.78, 5) is 0. The van der Waals surface area contributed by atoms with Gasteiger partial charge in [-0.1, -0.05) is 0 Å². The van der Waals surface area contributed by atoms with E-state index in [0.29, 0.717) is 0 Å². The molecule has 0 radical (unpaired) electrons. The van der Waals surface area contributed by atoms with E-state index >= 15 is 0 Å². The summed E-state index contributed by atoms with van der Waals surface area (Å²) in [5.41, 5.74) is 0.